The van der Waals surface area contributed by atoms with Crippen LogP contribution in [-0.2, 0) is 6.42 Å². The number of nitrogens with zero attached hydrogens (tertiary/aromatic N) is 2. The van der Waals surface area contributed by atoms with Crippen LogP contribution in [0.2, 0.25) is 0 Å². The van der Waals surface area contributed by atoms with Gasteiger partial charge in [-0.25, -0.2) is 9.97 Å². The van der Waals surface area contributed by atoms with Gasteiger partial charge in [0.25, 0.3) is 0 Å². The van der Waals surface area contributed by atoms with Crippen LogP contribution in [0.1, 0.15) is 12.5 Å². The highest BCUT2D eigenvalue weighted by Crippen LogP contribution is 2.30. The minimum atomic E-state index is 0.604. The van der Waals surface area contributed by atoms with Gasteiger partial charge in [0.05, 0.1) is 7.11 Å². The lowest BCUT2D eigenvalue weighted by atomic mass is 10.1. The lowest BCUT2D eigenvalue weighted by molar-refractivity contribution is 0.415. The third kappa shape index (κ3) is 2.93. The molecule has 0 aliphatic heterocycles. The van der Waals surface area contributed by atoms with Crippen LogP contribution >= 0.6 is 0 Å². The van der Waals surface area contributed by atoms with Crippen LogP contribution in [0.5, 0.6) is 5.75 Å². The monoisotopic (exact) mass is 258 g/mol. The average molecular weight is 258 g/mol. The quantitative estimate of drug-likeness (QED) is 0.863. The Morgan fingerprint density at radius 2 is 2.00 bits per heavy atom. The number of aromatic nitrogens is 2. The van der Waals surface area contributed by atoms with E-state index in [0.717, 1.165) is 12.1 Å². The molecule has 0 spiro atoms. The summed E-state index contributed by atoms with van der Waals surface area (Å²) in [5.74, 6) is 1.91. The number of ether oxygens (including phenoxy) is 1. The van der Waals surface area contributed by atoms with E-state index in [4.69, 9.17) is 4.74 Å². The summed E-state index contributed by atoms with van der Waals surface area (Å²) in [5, 5.41) is 6.24. The maximum atomic E-state index is 5.35. The molecular weight excluding hydrogens is 240 g/mol. The van der Waals surface area contributed by atoms with Gasteiger partial charge in [0.15, 0.2) is 11.6 Å². The van der Waals surface area contributed by atoms with Gasteiger partial charge in [-0.05, 0) is 24.1 Å². The maximum absolute atomic E-state index is 5.35. The summed E-state index contributed by atoms with van der Waals surface area (Å²) in [5.41, 5.74) is 2.25. The zero-order valence-corrected chi connectivity index (χ0v) is 11.4. The molecule has 0 saturated heterocycles. The molecule has 0 amide bonds. The SMILES string of the molecule is CCc1cccc(Nc2ncnc(NC)c2OC)c1. The van der Waals surface area contributed by atoms with E-state index in [0.29, 0.717) is 17.4 Å². The Labute approximate surface area is 113 Å². The van der Waals surface area contributed by atoms with Crippen LogP contribution in [0.15, 0.2) is 30.6 Å². The summed E-state index contributed by atoms with van der Waals surface area (Å²) in [6.07, 6.45) is 2.50. The van der Waals surface area contributed by atoms with Crippen LogP contribution in [-0.4, -0.2) is 24.1 Å². The zero-order chi connectivity index (χ0) is 13.7. The first-order valence-corrected chi connectivity index (χ1v) is 6.21. The van der Waals surface area contributed by atoms with E-state index in [-0.39, 0.29) is 0 Å². The van der Waals surface area contributed by atoms with E-state index in [1.54, 1.807) is 14.2 Å². The van der Waals surface area contributed by atoms with Gasteiger partial charge >= 0.3 is 0 Å². The molecule has 100 valence electrons. The van der Waals surface area contributed by atoms with Gasteiger partial charge in [-0.15, -0.1) is 0 Å². The number of anilines is 3. The largest absolute Gasteiger partial charge is 0.490 e. The molecule has 1 aromatic heterocycles. The zero-order valence-electron chi connectivity index (χ0n) is 11.4. The van der Waals surface area contributed by atoms with Crippen molar-refractivity contribution < 1.29 is 4.74 Å². The lowest BCUT2D eigenvalue weighted by Crippen LogP contribution is -2.03. The highest BCUT2D eigenvalue weighted by molar-refractivity contribution is 5.69. The molecule has 0 bridgehead atoms. The molecule has 1 heterocycles. The molecule has 0 atom stereocenters. The molecule has 0 fully saturated rings. The number of rotatable bonds is 5. The van der Waals surface area contributed by atoms with Gasteiger partial charge in [-0.1, -0.05) is 19.1 Å². The molecule has 1 aromatic carbocycles. The van der Waals surface area contributed by atoms with Crippen molar-refractivity contribution in [3.63, 3.8) is 0 Å². The first-order chi connectivity index (χ1) is 9.28. The summed E-state index contributed by atoms with van der Waals surface area (Å²) >= 11 is 0. The van der Waals surface area contributed by atoms with E-state index in [1.165, 1.54) is 11.9 Å². The Bertz CT molecular complexity index is 557. The predicted octanol–water partition coefficient (Wildman–Crippen LogP) is 2.83. The number of aryl methyl sites for hydroxylation is 1. The summed E-state index contributed by atoms with van der Waals surface area (Å²) < 4.78 is 5.35. The normalized spacial score (nSPS) is 10.1. The molecule has 5 nitrogen and oxygen atoms in total. The third-order valence-electron chi connectivity index (χ3n) is 2.84. The van der Waals surface area contributed by atoms with E-state index in [2.05, 4.69) is 39.7 Å². The molecule has 0 unspecified atom stereocenters. The molecule has 19 heavy (non-hydrogen) atoms. The molecule has 2 aromatic rings. The Hall–Kier alpha value is -2.30. The van der Waals surface area contributed by atoms with Crippen molar-refractivity contribution in [2.24, 2.45) is 0 Å². The van der Waals surface area contributed by atoms with Gasteiger partial charge in [-0.2, -0.15) is 0 Å². The molecule has 2 rings (SSSR count). The number of methoxy groups -OCH3 is 1. The minimum absolute atomic E-state index is 0.604. The topological polar surface area (TPSA) is 59.1 Å². The Kier molecular flexibility index (Phi) is 4.18. The molecule has 2 N–H and O–H groups in total. The van der Waals surface area contributed by atoms with Gasteiger partial charge in [0.2, 0.25) is 5.75 Å². The van der Waals surface area contributed by atoms with Crippen LogP contribution in [0.3, 0.4) is 0 Å². The van der Waals surface area contributed by atoms with Crippen LogP contribution in [0.25, 0.3) is 0 Å². The van der Waals surface area contributed by atoms with Gasteiger partial charge in [0.1, 0.15) is 6.33 Å². The Balaban J connectivity index is 2.32. The molecule has 0 aliphatic rings. The second-order valence-corrected chi connectivity index (χ2v) is 4.03. The fourth-order valence-electron chi connectivity index (χ4n) is 1.84. The first kappa shape index (κ1) is 13.1. The second kappa shape index (κ2) is 6.04. The molecule has 0 aliphatic carbocycles. The van der Waals surface area contributed by atoms with Crippen molar-refractivity contribution in [3.05, 3.63) is 36.2 Å². The number of nitrogens with one attached hydrogen (secondary N) is 2. The number of hydrogen-bond acceptors (Lipinski definition) is 5. The lowest BCUT2D eigenvalue weighted by Gasteiger charge is -2.13. The van der Waals surface area contributed by atoms with Crippen LogP contribution < -0.4 is 15.4 Å². The molecule has 5 heteroatoms. The standard InChI is InChI=1S/C14H18N4O/c1-4-10-6-5-7-11(8-10)18-14-12(19-3)13(15-2)16-9-17-14/h5-9H,4H2,1-3H3,(H2,15,16,17,18). The van der Waals surface area contributed by atoms with Gasteiger partial charge in [-0.3, -0.25) is 0 Å². The summed E-state index contributed by atoms with van der Waals surface area (Å²) in [4.78, 5) is 8.34. The van der Waals surface area contributed by atoms with Crippen LogP contribution in [0.4, 0.5) is 17.3 Å². The smallest absolute Gasteiger partial charge is 0.204 e. The molecular formula is C14H18N4O. The molecule has 0 radical (unpaired) electrons. The van der Waals surface area contributed by atoms with Crippen molar-refractivity contribution in [2.75, 3.05) is 24.8 Å². The number of benzene rings is 1. The van der Waals surface area contributed by atoms with E-state index in [1.807, 2.05) is 12.1 Å². The van der Waals surface area contributed by atoms with Gasteiger partial charge in [0, 0.05) is 12.7 Å². The highest BCUT2D eigenvalue weighted by Gasteiger charge is 2.11. The average Bonchev–Trinajstić information content (AvgIpc) is 2.47. The maximum Gasteiger partial charge on any atom is 0.204 e. The van der Waals surface area contributed by atoms with E-state index in [9.17, 15) is 0 Å². The Morgan fingerprint density at radius 3 is 2.68 bits per heavy atom. The summed E-state index contributed by atoms with van der Waals surface area (Å²) in [7, 11) is 3.40. The van der Waals surface area contributed by atoms with E-state index < -0.39 is 0 Å². The van der Waals surface area contributed by atoms with Crippen molar-refractivity contribution in [3.8, 4) is 5.75 Å². The summed E-state index contributed by atoms with van der Waals surface area (Å²) in [6, 6.07) is 8.22. The van der Waals surface area contributed by atoms with Gasteiger partial charge < -0.3 is 15.4 Å². The van der Waals surface area contributed by atoms with Crippen molar-refractivity contribution in [1.82, 2.24) is 9.97 Å². The predicted molar refractivity (Wildman–Crippen MR) is 77.2 cm³/mol. The second-order valence-electron chi connectivity index (χ2n) is 4.03. The van der Waals surface area contributed by atoms with E-state index >= 15 is 0 Å². The summed E-state index contributed by atoms with van der Waals surface area (Å²) in [6.45, 7) is 2.13. The van der Waals surface area contributed by atoms with Crippen LogP contribution in [0, 0.1) is 0 Å². The number of hydrogen-bond donors (Lipinski definition) is 2. The van der Waals surface area contributed by atoms with Crippen molar-refractivity contribution >= 4 is 17.3 Å². The minimum Gasteiger partial charge on any atom is -0.490 e. The fourth-order valence-corrected chi connectivity index (χ4v) is 1.84. The van der Waals surface area contributed by atoms with Crippen molar-refractivity contribution in [1.29, 1.82) is 0 Å². The molecule has 0 saturated carbocycles. The first-order valence-electron chi connectivity index (χ1n) is 6.21. The third-order valence-corrected chi connectivity index (χ3v) is 2.84. The fraction of sp³-hybridized carbons (Fsp3) is 0.286. The highest BCUT2D eigenvalue weighted by atomic mass is 16.5. The van der Waals surface area contributed by atoms with Crippen molar-refractivity contribution in [2.45, 2.75) is 13.3 Å². The Morgan fingerprint density at radius 1 is 1.21 bits per heavy atom.